The molecule has 8 heteroatoms. The van der Waals surface area contributed by atoms with Gasteiger partial charge in [-0.3, -0.25) is 0 Å². The number of ether oxygens (including phenoxy) is 1. The Morgan fingerprint density at radius 2 is 1.68 bits per heavy atom. The lowest BCUT2D eigenvalue weighted by Crippen LogP contribution is -2.17. The van der Waals surface area contributed by atoms with E-state index in [1.807, 2.05) is 13.8 Å². The largest absolute Gasteiger partial charge is 0.494 e. The van der Waals surface area contributed by atoms with E-state index >= 15 is 0 Å². The third kappa shape index (κ3) is 1.49. The van der Waals surface area contributed by atoms with Crippen LogP contribution in [0.15, 0.2) is 16.8 Å². The SMILES string of the molecule is [C-]#[N+]c1ccc(-n2c(O)c3c(c2O)C2(C)CCC3(C)O2)c2nonc12. The van der Waals surface area contributed by atoms with Gasteiger partial charge in [0.1, 0.15) is 11.0 Å². The molecule has 0 aliphatic carbocycles. The van der Waals surface area contributed by atoms with Crippen LogP contribution in [0.4, 0.5) is 5.69 Å². The van der Waals surface area contributed by atoms with E-state index in [-0.39, 0.29) is 17.3 Å². The van der Waals surface area contributed by atoms with Crippen LogP contribution < -0.4 is 0 Å². The van der Waals surface area contributed by atoms with E-state index in [1.165, 1.54) is 4.57 Å². The minimum Gasteiger partial charge on any atom is -0.494 e. The molecular formula is C17H14N4O4. The minimum atomic E-state index is -0.630. The first-order chi connectivity index (χ1) is 11.9. The van der Waals surface area contributed by atoms with Crippen molar-refractivity contribution in [3.8, 4) is 17.4 Å². The fourth-order valence-electron chi connectivity index (χ4n) is 4.32. The predicted molar refractivity (Wildman–Crippen MR) is 85.7 cm³/mol. The van der Waals surface area contributed by atoms with Gasteiger partial charge in [0.25, 0.3) is 0 Å². The molecule has 3 aromatic rings. The third-order valence-corrected chi connectivity index (χ3v) is 5.44. The molecule has 5 rings (SSSR count). The summed E-state index contributed by atoms with van der Waals surface area (Å²) in [6.45, 7) is 11.0. The summed E-state index contributed by atoms with van der Waals surface area (Å²) < 4.78 is 12.2. The maximum Gasteiger partial charge on any atom is 0.218 e. The van der Waals surface area contributed by atoms with Crippen LogP contribution in [0.2, 0.25) is 0 Å². The highest BCUT2D eigenvalue weighted by Crippen LogP contribution is 2.64. The van der Waals surface area contributed by atoms with E-state index < -0.39 is 11.2 Å². The van der Waals surface area contributed by atoms with Gasteiger partial charge in [-0.15, -0.1) is 0 Å². The van der Waals surface area contributed by atoms with Gasteiger partial charge in [0.15, 0.2) is 0 Å². The number of fused-ring (bicyclic) bond motifs is 6. The van der Waals surface area contributed by atoms with Crippen molar-refractivity contribution in [1.82, 2.24) is 14.9 Å². The van der Waals surface area contributed by atoms with Gasteiger partial charge >= 0.3 is 0 Å². The van der Waals surface area contributed by atoms with Crippen molar-refractivity contribution in [2.24, 2.45) is 0 Å². The average molecular weight is 338 g/mol. The number of rotatable bonds is 1. The summed E-state index contributed by atoms with van der Waals surface area (Å²) in [5.74, 6) is -0.170. The maximum absolute atomic E-state index is 10.9. The molecule has 2 aliphatic heterocycles. The van der Waals surface area contributed by atoms with E-state index in [1.54, 1.807) is 12.1 Å². The Morgan fingerprint density at radius 3 is 2.28 bits per heavy atom. The fourth-order valence-corrected chi connectivity index (χ4v) is 4.32. The van der Waals surface area contributed by atoms with Crippen molar-refractivity contribution in [3.05, 3.63) is 34.7 Å². The summed E-state index contributed by atoms with van der Waals surface area (Å²) in [6, 6.07) is 3.18. The average Bonchev–Trinajstić information content (AvgIpc) is 3.28. The van der Waals surface area contributed by atoms with Crippen molar-refractivity contribution in [2.75, 3.05) is 0 Å². The zero-order valence-electron chi connectivity index (χ0n) is 13.6. The monoisotopic (exact) mass is 338 g/mol. The molecule has 25 heavy (non-hydrogen) atoms. The van der Waals surface area contributed by atoms with Gasteiger partial charge < -0.3 is 14.9 Å². The molecule has 2 unspecified atom stereocenters. The quantitative estimate of drug-likeness (QED) is 0.661. The van der Waals surface area contributed by atoms with E-state index in [4.69, 9.17) is 15.9 Å². The maximum atomic E-state index is 10.9. The van der Waals surface area contributed by atoms with Gasteiger partial charge in [0, 0.05) is 0 Å². The zero-order valence-corrected chi connectivity index (χ0v) is 13.6. The number of hydrogen-bond donors (Lipinski definition) is 2. The van der Waals surface area contributed by atoms with Gasteiger partial charge in [-0.1, -0.05) is 11.2 Å². The number of hydrogen-bond acceptors (Lipinski definition) is 6. The van der Waals surface area contributed by atoms with Crippen molar-refractivity contribution >= 4 is 16.7 Å². The highest BCUT2D eigenvalue weighted by Gasteiger charge is 2.59. The number of aromatic hydroxyl groups is 2. The Hall–Kier alpha value is -3.05. The molecular weight excluding hydrogens is 324 g/mol. The van der Waals surface area contributed by atoms with Crippen LogP contribution in [0, 0.1) is 6.57 Å². The van der Waals surface area contributed by atoms with E-state index in [0.717, 1.165) is 12.8 Å². The molecule has 8 nitrogen and oxygen atoms in total. The first-order valence-corrected chi connectivity index (χ1v) is 7.90. The molecule has 0 saturated carbocycles. The smallest absolute Gasteiger partial charge is 0.218 e. The van der Waals surface area contributed by atoms with E-state index in [0.29, 0.717) is 28.0 Å². The molecule has 1 fully saturated rings. The Kier molecular flexibility index (Phi) is 2.36. The number of benzene rings is 1. The Morgan fingerprint density at radius 1 is 1.08 bits per heavy atom. The van der Waals surface area contributed by atoms with Gasteiger partial charge in [-0.25, -0.2) is 14.0 Å². The van der Waals surface area contributed by atoms with Gasteiger partial charge in [0.05, 0.1) is 34.6 Å². The number of nitrogens with zero attached hydrogens (tertiary/aromatic N) is 4. The van der Waals surface area contributed by atoms with Crippen molar-refractivity contribution < 1.29 is 19.6 Å². The second-order valence-electron chi connectivity index (χ2n) is 6.97. The van der Waals surface area contributed by atoms with Crippen LogP contribution in [0.3, 0.4) is 0 Å². The lowest BCUT2D eigenvalue weighted by atomic mass is 9.80. The topological polar surface area (TPSA) is 97.9 Å². The fraction of sp³-hybridized carbons (Fsp3) is 0.353. The van der Waals surface area contributed by atoms with Crippen molar-refractivity contribution in [1.29, 1.82) is 0 Å². The van der Waals surface area contributed by atoms with Crippen molar-refractivity contribution in [2.45, 2.75) is 37.9 Å². The van der Waals surface area contributed by atoms with Crippen LogP contribution >= 0.6 is 0 Å². The molecule has 2 N–H and O–H groups in total. The van der Waals surface area contributed by atoms with Crippen LogP contribution in [0.5, 0.6) is 11.8 Å². The van der Waals surface area contributed by atoms with Gasteiger partial charge in [0.2, 0.25) is 17.4 Å². The molecule has 0 radical (unpaired) electrons. The number of aromatic nitrogens is 3. The molecule has 4 heterocycles. The molecule has 2 bridgehead atoms. The minimum absolute atomic E-state index is 0.0849. The Labute approximate surface area is 142 Å². The van der Waals surface area contributed by atoms with Crippen LogP contribution in [-0.2, 0) is 15.9 Å². The first-order valence-electron chi connectivity index (χ1n) is 7.90. The van der Waals surface area contributed by atoms with Crippen LogP contribution in [-0.4, -0.2) is 25.1 Å². The standard InChI is InChI=1S/C17H14N4O4/c1-16-6-7-17(2,24-16)11-10(16)14(22)21(15(11)23)9-5-4-8(18-3)12-13(9)20-25-19-12/h4-5,22-23H,6-7H2,1-2H3. The summed E-state index contributed by atoms with van der Waals surface area (Å²) >= 11 is 0. The highest BCUT2D eigenvalue weighted by atomic mass is 16.6. The molecule has 1 saturated heterocycles. The lowest BCUT2D eigenvalue weighted by molar-refractivity contribution is -0.0683. The Balaban J connectivity index is 1.85. The second kappa shape index (κ2) is 4.13. The zero-order chi connectivity index (χ0) is 17.6. The molecule has 2 atom stereocenters. The predicted octanol–water partition coefficient (Wildman–Crippen LogP) is 3.23. The summed E-state index contributed by atoms with van der Waals surface area (Å²) in [5.41, 5.74) is 1.24. The van der Waals surface area contributed by atoms with Crippen LogP contribution in [0.25, 0.3) is 21.6 Å². The summed E-state index contributed by atoms with van der Waals surface area (Å²) in [4.78, 5) is 3.39. The third-order valence-electron chi connectivity index (χ3n) is 5.44. The normalized spacial score (nSPS) is 26.9. The first kappa shape index (κ1) is 14.3. The van der Waals surface area contributed by atoms with Gasteiger partial charge in [-0.05, 0) is 37.9 Å². The highest BCUT2D eigenvalue weighted by molar-refractivity contribution is 5.93. The van der Waals surface area contributed by atoms with Crippen LogP contribution in [0.1, 0.15) is 37.8 Å². The molecule has 2 aliphatic rings. The van der Waals surface area contributed by atoms with Gasteiger partial charge in [-0.2, -0.15) is 0 Å². The van der Waals surface area contributed by atoms with E-state index in [2.05, 4.69) is 15.2 Å². The molecule has 0 spiro atoms. The van der Waals surface area contributed by atoms with Crippen molar-refractivity contribution in [3.63, 3.8) is 0 Å². The summed E-state index contributed by atoms with van der Waals surface area (Å²) in [5, 5.41) is 29.4. The second-order valence-corrected chi connectivity index (χ2v) is 6.97. The molecule has 126 valence electrons. The van der Waals surface area contributed by atoms with E-state index in [9.17, 15) is 10.2 Å². The summed E-state index contributed by atoms with van der Waals surface area (Å²) in [6.07, 6.45) is 1.54. The lowest BCUT2D eigenvalue weighted by Gasteiger charge is -2.21. The molecule has 0 amide bonds. The summed E-state index contributed by atoms with van der Waals surface area (Å²) in [7, 11) is 0. The molecule has 2 aromatic heterocycles. The molecule has 1 aromatic carbocycles. The Bertz CT molecular complexity index is 1070.